The summed E-state index contributed by atoms with van der Waals surface area (Å²) < 4.78 is 31.7. The SMILES string of the molecule is COCCNC(=O)C1CCCN1S(=O)(=O)c1ccc(C)s1. The predicted molar refractivity (Wildman–Crippen MR) is 80.9 cm³/mol. The molecule has 1 atom stereocenters. The minimum Gasteiger partial charge on any atom is -0.383 e. The highest BCUT2D eigenvalue weighted by molar-refractivity contribution is 7.91. The van der Waals surface area contributed by atoms with Crippen LogP contribution in [0.4, 0.5) is 0 Å². The number of nitrogens with one attached hydrogen (secondary N) is 1. The van der Waals surface area contributed by atoms with Crippen molar-refractivity contribution in [1.29, 1.82) is 0 Å². The first kappa shape index (κ1) is 16.4. The third-order valence-corrected chi connectivity index (χ3v) is 6.77. The Morgan fingerprint density at radius 1 is 1.52 bits per heavy atom. The Morgan fingerprint density at radius 3 is 2.90 bits per heavy atom. The number of hydrogen-bond donors (Lipinski definition) is 1. The van der Waals surface area contributed by atoms with E-state index in [1.54, 1.807) is 19.2 Å². The maximum Gasteiger partial charge on any atom is 0.253 e. The van der Waals surface area contributed by atoms with E-state index in [1.807, 2.05) is 6.92 Å². The van der Waals surface area contributed by atoms with Crippen LogP contribution < -0.4 is 5.32 Å². The van der Waals surface area contributed by atoms with Crippen molar-refractivity contribution in [2.75, 3.05) is 26.8 Å². The van der Waals surface area contributed by atoms with Gasteiger partial charge >= 0.3 is 0 Å². The molecule has 0 bridgehead atoms. The normalized spacial score (nSPS) is 19.8. The summed E-state index contributed by atoms with van der Waals surface area (Å²) in [6.45, 7) is 3.05. The molecule has 1 fully saturated rings. The number of nitrogens with zero attached hydrogens (tertiary/aromatic N) is 1. The molecule has 1 aliphatic heterocycles. The second kappa shape index (κ2) is 6.87. The lowest BCUT2D eigenvalue weighted by Crippen LogP contribution is -2.46. The van der Waals surface area contributed by atoms with Crippen molar-refractivity contribution in [2.24, 2.45) is 0 Å². The van der Waals surface area contributed by atoms with Gasteiger partial charge in [-0.25, -0.2) is 8.42 Å². The van der Waals surface area contributed by atoms with E-state index in [1.165, 1.54) is 15.6 Å². The molecule has 1 saturated heterocycles. The minimum absolute atomic E-state index is 0.249. The molecular weight excluding hydrogens is 312 g/mol. The van der Waals surface area contributed by atoms with Crippen molar-refractivity contribution < 1.29 is 17.9 Å². The molecule has 21 heavy (non-hydrogen) atoms. The molecular formula is C13H20N2O4S2. The van der Waals surface area contributed by atoms with Gasteiger partial charge in [-0.15, -0.1) is 11.3 Å². The van der Waals surface area contributed by atoms with E-state index in [9.17, 15) is 13.2 Å². The molecule has 1 aromatic rings. The molecule has 1 unspecified atom stereocenters. The van der Waals surface area contributed by atoms with Crippen LogP contribution in [0.1, 0.15) is 17.7 Å². The summed E-state index contributed by atoms with van der Waals surface area (Å²) in [5, 5.41) is 2.72. The highest BCUT2D eigenvalue weighted by Gasteiger charge is 2.39. The Labute approximate surface area is 129 Å². The van der Waals surface area contributed by atoms with Crippen molar-refractivity contribution in [3.8, 4) is 0 Å². The van der Waals surface area contributed by atoms with Gasteiger partial charge in [0.05, 0.1) is 6.61 Å². The van der Waals surface area contributed by atoms with Crippen molar-refractivity contribution in [2.45, 2.75) is 30.0 Å². The van der Waals surface area contributed by atoms with E-state index in [-0.39, 0.29) is 5.91 Å². The molecule has 0 aromatic carbocycles. The van der Waals surface area contributed by atoms with Crippen LogP contribution in [0.25, 0.3) is 0 Å². The molecule has 1 N–H and O–H groups in total. The van der Waals surface area contributed by atoms with E-state index in [0.717, 1.165) is 4.88 Å². The second-order valence-electron chi connectivity index (χ2n) is 4.92. The average Bonchev–Trinajstić information content (AvgIpc) is 3.07. The lowest BCUT2D eigenvalue weighted by atomic mass is 10.2. The number of hydrogen-bond acceptors (Lipinski definition) is 5. The molecule has 1 aliphatic rings. The number of aryl methyl sites for hydroxylation is 1. The summed E-state index contributed by atoms with van der Waals surface area (Å²) in [4.78, 5) is 13.1. The van der Waals surface area contributed by atoms with Crippen LogP contribution in [-0.4, -0.2) is 51.5 Å². The number of amides is 1. The monoisotopic (exact) mass is 332 g/mol. The lowest BCUT2D eigenvalue weighted by molar-refractivity contribution is -0.124. The van der Waals surface area contributed by atoms with Gasteiger partial charge in [-0.1, -0.05) is 0 Å². The Morgan fingerprint density at radius 2 is 2.29 bits per heavy atom. The number of ether oxygens (including phenoxy) is 1. The highest BCUT2D eigenvalue weighted by Crippen LogP contribution is 2.30. The van der Waals surface area contributed by atoms with Gasteiger partial charge in [-0.05, 0) is 31.9 Å². The third kappa shape index (κ3) is 3.63. The van der Waals surface area contributed by atoms with E-state index in [0.29, 0.717) is 36.7 Å². The fourth-order valence-corrected chi connectivity index (χ4v) is 5.42. The summed E-state index contributed by atoms with van der Waals surface area (Å²) in [7, 11) is -2.03. The minimum atomic E-state index is -3.58. The number of methoxy groups -OCH3 is 1. The molecule has 1 amide bonds. The standard InChI is InChI=1S/C13H20N2O4S2/c1-10-5-6-12(20-10)21(17,18)15-8-3-4-11(15)13(16)14-7-9-19-2/h5-6,11H,3-4,7-9H2,1-2H3,(H,14,16). The molecule has 2 heterocycles. The van der Waals surface area contributed by atoms with E-state index >= 15 is 0 Å². The topological polar surface area (TPSA) is 75.7 Å². The molecule has 0 saturated carbocycles. The molecule has 6 nitrogen and oxygen atoms in total. The molecule has 0 aliphatic carbocycles. The van der Waals surface area contributed by atoms with Crippen LogP contribution >= 0.6 is 11.3 Å². The van der Waals surface area contributed by atoms with Crippen LogP contribution in [0.3, 0.4) is 0 Å². The van der Waals surface area contributed by atoms with Crippen LogP contribution in [-0.2, 0) is 19.6 Å². The fraction of sp³-hybridized carbons (Fsp3) is 0.615. The molecule has 1 aromatic heterocycles. The molecule has 2 rings (SSSR count). The lowest BCUT2D eigenvalue weighted by Gasteiger charge is -2.22. The number of sulfonamides is 1. The number of rotatable bonds is 6. The van der Waals surface area contributed by atoms with Crippen molar-refractivity contribution in [3.63, 3.8) is 0 Å². The van der Waals surface area contributed by atoms with Gasteiger partial charge in [0.2, 0.25) is 5.91 Å². The number of carbonyl (C=O) groups excluding carboxylic acids is 1. The molecule has 0 spiro atoms. The Hall–Kier alpha value is -0.960. The summed E-state index contributed by atoms with van der Waals surface area (Å²) in [6.07, 6.45) is 1.26. The van der Waals surface area contributed by atoms with Gasteiger partial charge in [0.1, 0.15) is 10.3 Å². The molecule has 118 valence electrons. The van der Waals surface area contributed by atoms with E-state index < -0.39 is 16.1 Å². The first-order chi connectivity index (χ1) is 9.96. The fourth-order valence-electron chi connectivity index (χ4n) is 2.35. The van der Waals surface area contributed by atoms with E-state index in [2.05, 4.69) is 5.32 Å². The van der Waals surface area contributed by atoms with Crippen molar-refractivity contribution in [3.05, 3.63) is 17.0 Å². The summed E-state index contributed by atoms with van der Waals surface area (Å²) in [6, 6.07) is 2.77. The first-order valence-corrected chi connectivity index (χ1v) is 9.07. The second-order valence-corrected chi connectivity index (χ2v) is 8.33. The highest BCUT2D eigenvalue weighted by atomic mass is 32.2. The van der Waals surface area contributed by atoms with Gasteiger partial charge < -0.3 is 10.1 Å². The summed E-state index contributed by atoms with van der Waals surface area (Å²) in [5.41, 5.74) is 0. The number of thiophene rings is 1. The van der Waals surface area contributed by atoms with Crippen LogP contribution in [0.15, 0.2) is 16.3 Å². The average molecular weight is 332 g/mol. The first-order valence-electron chi connectivity index (χ1n) is 6.81. The molecule has 8 heteroatoms. The summed E-state index contributed by atoms with van der Waals surface area (Å²) in [5.74, 6) is -0.249. The Bertz CT molecular complexity index is 597. The van der Waals surface area contributed by atoms with Gasteiger partial charge in [-0.3, -0.25) is 4.79 Å². The van der Waals surface area contributed by atoms with Crippen LogP contribution in [0.2, 0.25) is 0 Å². The zero-order chi connectivity index (χ0) is 15.5. The molecule has 0 radical (unpaired) electrons. The largest absolute Gasteiger partial charge is 0.383 e. The zero-order valence-corrected chi connectivity index (χ0v) is 13.8. The van der Waals surface area contributed by atoms with Crippen LogP contribution in [0.5, 0.6) is 0 Å². The van der Waals surface area contributed by atoms with E-state index in [4.69, 9.17) is 4.74 Å². The van der Waals surface area contributed by atoms with Crippen molar-refractivity contribution in [1.82, 2.24) is 9.62 Å². The van der Waals surface area contributed by atoms with Gasteiger partial charge in [0, 0.05) is 25.1 Å². The maximum absolute atomic E-state index is 12.6. The number of carbonyl (C=O) groups is 1. The third-order valence-electron chi connectivity index (χ3n) is 3.39. The smallest absolute Gasteiger partial charge is 0.253 e. The van der Waals surface area contributed by atoms with Crippen LogP contribution in [0, 0.1) is 6.92 Å². The predicted octanol–water partition coefficient (Wildman–Crippen LogP) is 0.972. The Balaban J connectivity index is 2.12. The zero-order valence-electron chi connectivity index (χ0n) is 12.2. The Kier molecular flexibility index (Phi) is 5.37. The van der Waals surface area contributed by atoms with Gasteiger partial charge in [0.15, 0.2) is 0 Å². The maximum atomic E-state index is 12.6. The van der Waals surface area contributed by atoms with Crippen molar-refractivity contribution >= 4 is 27.3 Å². The van der Waals surface area contributed by atoms with Gasteiger partial charge in [-0.2, -0.15) is 4.31 Å². The van der Waals surface area contributed by atoms with Gasteiger partial charge in [0.25, 0.3) is 10.0 Å². The quantitative estimate of drug-likeness (QED) is 0.788. The summed E-state index contributed by atoms with van der Waals surface area (Å²) >= 11 is 1.24.